The van der Waals surface area contributed by atoms with Crippen molar-refractivity contribution in [3.8, 4) is 11.1 Å². The van der Waals surface area contributed by atoms with Crippen LogP contribution in [0.5, 0.6) is 0 Å². The third kappa shape index (κ3) is 3.06. The molecule has 2 atom stereocenters. The molecule has 0 unspecified atom stereocenters. The summed E-state index contributed by atoms with van der Waals surface area (Å²) < 4.78 is 10.4. The highest BCUT2D eigenvalue weighted by Gasteiger charge is 2.40. The summed E-state index contributed by atoms with van der Waals surface area (Å²) in [6, 6.07) is 15.4. The lowest BCUT2D eigenvalue weighted by molar-refractivity contribution is -0.145. The molecule has 1 aliphatic heterocycles. The Labute approximate surface area is 157 Å². The summed E-state index contributed by atoms with van der Waals surface area (Å²) in [6.45, 7) is 0.503. The number of carbonyl (C=O) groups excluding carboxylic acids is 2. The minimum atomic E-state index is -0.680. The third-order valence-electron chi connectivity index (χ3n) is 5.38. The van der Waals surface area contributed by atoms with E-state index in [1.807, 2.05) is 24.3 Å². The Hall–Kier alpha value is -2.86. The van der Waals surface area contributed by atoms with Gasteiger partial charge in [-0.25, -0.2) is 9.59 Å². The van der Waals surface area contributed by atoms with E-state index in [1.165, 1.54) is 23.1 Å². The van der Waals surface area contributed by atoms with Crippen LogP contribution >= 0.6 is 0 Å². The number of fused-ring (bicyclic) bond motifs is 3. The Morgan fingerprint density at radius 3 is 2.26 bits per heavy atom. The molecule has 2 aliphatic rings. The van der Waals surface area contributed by atoms with Gasteiger partial charge in [0.1, 0.15) is 12.6 Å². The van der Waals surface area contributed by atoms with E-state index in [2.05, 4.69) is 24.3 Å². The number of rotatable bonds is 3. The number of ether oxygens (including phenoxy) is 2. The lowest BCUT2D eigenvalue weighted by atomic mass is 9.98. The Morgan fingerprint density at radius 2 is 1.67 bits per heavy atom. The predicted molar refractivity (Wildman–Crippen MR) is 100 cm³/mol. The van der Waals surface area contributed by atoms with Crippen molar-refractivity contribution in [2.75, 3.05) is 20.3 Å². The number of carbonyl (C=O) groups is 2. The van der Waals surface area contributed by atoms with Gasteiger partial charge in [0.25, 0.3) is 0 Å². The van der Waals surface area contributed by atoms with Gasteiger partial charge in [0, 0.05) is 18.5 Å². The van der Waals surface area contributed by atoms with Crippen LogP contribution < -0.4 is 5.73 Å². The molecule has 1 amide bonds. The van der Waals surface area contributed by atoms with Gasteiger partial charge in [0.2, 0.25) is 0 Å². The van der Waals surface area contributed by atoms with E-state index in [0.717, 1.165) is 11.1 Å². The summed E-state index contributed by atoms with van der Waals surface area (Å²) >= 11 is 0. The molecule has 4 rings (SSSR count). The molecule has 0 spiro atoms. The second kappa shape index (κ2) is 7.04. The van der Waals surface area contributed by atoms with Crippen LogP contribution in [0.25, 0.3) is 11.1 Å². The fourth-order valence-corrected chi connectivity index (χ4v) is 4.11. The van der Waals surface area contributed by atoms with Crippen LogP contribution in [0, 0.1) is 0 Å². The van der Waals surface area contributed by atoms with Crippen molar-refractivity contribution in [2.24, 2.45) is 5.73 Å². The van der Waals surface area contributed by atoms with E-state index < -0.39 is 18.1 Å². The first-order valence-corrected chi connectivity index (χ1v) is 9.05. The van der Waals surface area contributed by atoms with Gasteiger partial charge in [-0.1, -0.05) is 48.5 Å². The van der Waals surface area contributed by atoms with Gasteiger partial charge in [-0.05, 0) is 28.7 Å². The van der Waals surface area contributed by atoms with Crippen molar-refractivity contribution >= 4 is 12.1 Å². The van der Waals surface area contributed by atoms with Gasteiger partial charge in [-0.15, -0.1) is 0 Å². The number of benzene rings is 2. The molecule has 27 heavy (non-hydrogen) atoms. The normalized spacial score (nSPS) is 20.9. The fourth-order valence-electron chi connectivity index (χ4n) is 4.11. The van der Waals surface area contributed by atoms with Crippen LogP contribution in [0.1, 0.15) is 23.5 Å². The standard InChI is InChI=1S/C21H22N2O4/c1-26-20(24)19-10-13(22)11-23(19)21(25)27-12-18-16-8-4-2-6-14(16)15-7-3-5-9-17(15)18/h2-9,13,18-19H,10-12,22H2,1H3/t13-,19-/m1/s1. The maximum Gasteiger partial charge on any atom is 0.410 e. The number of nitrogens with two attached hydrogens (primary N) is 1. The highest BCUT2D eigenvalue weighted by Crippen LogP contribution is 2.44. The van der Waals surface area contributed by atoms with E-state index in [0.29, 0.717) is 6.42 Å². The largest absolute Gasteiger partial charge is 0.467 e. The minimum absolute atomic E-state index is 0.0193. The Morgan fingerprint density at radius 1 is 1.07 bits per heavy atom. The van der Waals surface area contributed by atoms with E-state index in [4.69, 9.17) is 15.2 Å². The highest BCUT2D eigenvalue weighted by atomic mass is 16.6. The van der Waals surface area contributed by atoms with Gasteiger partial charge in [0.15, 0.2) is 0 Å². The molecule has 2 aromatic carbocycles. The number of amides is 1. The van der Waals surface area contributed by atoms with Crippen molar-refractivity contribution in [3.63, 3.8) is 0 Å². The average molecular weight is 366 g/mol. The minimum Gasteiger partial charge on any atom is -0.467 e. The SMILES string of the molecule is COC(=O)[C@H]1C[C@@H](N)CN1C(=O)OCC1c2ccccc2-c2ccccc21. The first-order valence-electron chi connectivity index (χ1n) is 9.05. The zero-order valence-electron chi connectivity index (χ0n) is 15.1. The monoisotopic (exact) mass is 366 g/mol. The number of hydrogen-bond acceptors (Lipinski definition) is 5. The topological polar surface area (TPSA) is 81.9 Å². The smallest absolute Gasteiger partial charge is 0.410 e. The number of hydrogen-bond donors (Lipinski definition) is 1. The van der Waals surface area contributed by atoms with Crippen molar-refractivity contribution in [1.29, 1.82) is 0 Å². The zero-order valence-corrected chi connectivity index (χ0v) is 15.1. The molecule has 1 heterocycles. The van der Waals surface area contributed by atoms with Crippen LogP contribution in [0.3, 0.4) is 0 Å². The van der Waals surface area contributed by atoms with Crippen molar-refractivity contribution < 1.29 is 19.1 Å². The van der Waals surface area contributed by atoms with Crippen LogP contribution in [-0.2, 0) is 14.3 Å². The van der Waals surface area contributed by atoms with Gasteiger partial charge in [0.05, 0.1) is 7.11 Å². The van der Waals surface area contributed by atoms with Crippen LogP contribution in [-0.4, -0.2) is 49.3 Å². The number of esters is 1. The molecule has 6 heteroatoms. The van der Waals surface area contributed by atoms with Crippen LogP contribution in [0.15, 0.2) is 48.5 Å². The average Bonchev–Trinajstić information content (AvgIpc) is 3.24. The first kappa shape index (κ1) is 17.5. The molecule has 6 nitrogen and oxygen atoms in total. The van der Waals surface area contributed by atoms with E-state index in [1.54, 1.807) is 0 Å². The molecule has 2 aromatic rings. The van der Waals surface area contributed by atoms with Gasteiger partial charge in [-0.3, -0.25) is 4.90 Å². The van der Waals surface area contributed by atoms with Crippen molar-refractivity contribution in [2.45, 2.75) is 24.4 Å². The number of nitrogens with zero attached hydrogens (tertiary/aromatic N) is 1. The summed E-state index contributed by atoms with van der Waals surface area (Å²) in [7, 11) is 1.31. The van der Waals surface area contributed by atoms with E-state index >= 15 is 0 Å². The van der Waals surface area contributed by atoms with Crippen molar-refractivity contribution in [1.82, 2.24) is 4.90 Å². The molecule has 140 valence electrons. The fraction of sp³-hybridized carbons (Fsp3) is 0.333. The highest BCUT2D eigenvalue weighted by molar-refractivity contribution is 5.82. The lowest BCUT2D eigenvalue weighted by Crippen LogP contribution is -2.42. The molecule has 1 fully saturated rings. The zero-order chi connectivity index (χ0) is 19.0. The maximum atomic E-state index is 12.6. The second-order valence-corrected chi connectivity index (χ2v) is 6.99. The molecule has 2 N–H and O–H groups in total. The summed E-state index contributed by atoms with van der Waals surface area (Å²) in [5.74, 6) is -0.481. The summed E-state index contributed by atoms with van der Waals surface area (Å²) in [5.41, 5.74) is 10.6. The molecule has 0 bridgehead atoms. The molecule has 0 saturated carbocycles. The van der Waals surface area contributed by atoms with Gasteiger partial charge in [-0.2, -0.15) is 0 Å². The van der Waals surface area contributed by atoms with E-state index in [9.17, 15) is 9.59 Å². The van der Waals surface area contributed by atoms with Gasteiger partial charge < -0.3 is 15.2 Å². The quantitative estimate of drug-likeness (QED) is 0.844. The van der Waals surface area contributed by atoms with E-state index in [-0.39, 0.29) is 25.1 Å². The summed E-state index contributed by atoms with van der Waals surface area (Å²) in [4.78, 5) is 26.0. The summed E-state index contributed by atoms with van der Waals surface area (Å²) in [6.07, 6.45) is -0.142. The second-order valence-electron chi connectivity index (χ2n) is 6.99. The molecule has 1 aliphatic carbocycles. The van der Waals surface area contributed by atoms with Crippen LogP contribution in [0.4, 0.5) is 4.79 Å². The molecule has 1 saturated heterocycles. The lowest BCUT2D eigenvalue weighted by Gasteiger charge is -2.23. The summed E-state index contributed by atoms with van der Waals surface area (Å²) in [5, 5.41) is 0. The third-order valence-corrected chi connectivity index (χ3v) is 5.38. The maximum absolute atomic E-state index is 12.6. The Bertz CT molecular complexity index is 836. The molecular weight excluding hydrogens is 344 g/mol. The van der Waals surface area contributed by atoms with Crippen molar-refractivity contribution in [3.05, 3.63) is 59.7 Å². The molecular formula is C21H22N2O4. The number of likely N-dealkylation sites (tertiary alicyclic amines) is 1. The predicted octanol–water partition coefficient (Wildman–Crippen LogP) is 2.51. The van der Waals surface area contributed by atoms with Crippen LogP contribution in [0.2, 0.25) is 0 Å². The van der Waals surface area contributed by atoms with Gasteiger partial charge >= 0.3 is 12.1 Å². The Balaban J connectivity index is 1.52. The molecule has 0 radical (unpaired) electrons. The molecule has 0 aromatic heterocycles. The Kier molecular flexibility index (Phi) is 4.58. The number of methoxy groups -OCH3 is 1. The first-order chi connectivity index (χ1) is 13.1.